The van der Waals surface area contributed by atoms with Crippen LogP contribution in [0, 0.1) is 17.0 Å². The van der Waals surface area contributed by atoms with Crippen molar-refractivity contribution in [3.8, 4) is 0 Å². The van der Waals surface area contributed by atoms with Gasteiger partial charge in [0.15, 0.2) is 5.76 Å². The van der Waals surface area contributed by atoms with Gasteiger partial charge in [0, 0.05) is 40.3 Å². The van der Waals surface area contributed by atoms with Gasteiger partial charge in [-0.25, -0.2) is 4.98 Å². The van der Waals surface area contributed by atoms with E-state index in [9.17, 15) is 19.7 Å². The highest BCUT2D eigenvalue weighted by molar-refractivity contribution is 7.13. The Morgan fingerprint density at radius 1 is 1.29 bits per heavy atom. The summed E-state index contributed by atoms with van der Waals surface area (Å²) >= 11 is 1.40. The average molecular weight is 407 g/mol. The van der Waals surface area contributed by atoms with E-state index in [1.165, 1.54) is 28.4 Å². The van der Waals surface area contributed by atoms with Gasteiger partial charge >= 0.3 is 5.88 Å². The number of furan rings is 1. The highest BCUT2D eigenvalue weighted by atomic mass is 32.1. The Morgan fingerprint density at radius 3 is 2.54 bits per heavy atom. The van der Waals surface area contributed by atoms with Crippen molar-refractivity contribution in [1.82, 2.24) is 19.7 Å². The fourth-order valence-electron chi connectivity index (χ4n) is 2.92. The summed E-state index contributed by atoms with van der Waals surface area (Å²) in [5, 5.41) is 11.6. The fraction of sp³-hybridized carbons (Fsp3) is 0.471. The third-order valence-electron chi connectivity index (χ3n) is 4.44. The molecule has 2 aromatic heterocycles. The molecule has 150 valence electrons. The van der Waals surface area contributed by atoms with Gasteiger partial charge < -0.3 is 14.2 Å². The Kier molecular flexibility index (Phi) is 5.75. The second-order valence-electron chi connectivity index (χ2n) is 6.69. The molecule has 1 aliphatic heterocycles. The molecule has 0 bridgehead atoms. The molecule has 3 rings (SSSR count). The number of carbonyl (C=O) groups excluding carboxylic acids is 2. The van der Waals surface area contributed by atoms with Crippen LogP contribution in [0.25, 0.3) is 0 Å². The Balaban J connectivity index is 1.57. The predicted octanol–water partition coefficient (Wildman–Crippen LogP) is 1.61. The quantitative estimate of drug-likeness (QED) is 0.546. The monoisotopic (exact) mass is 407 g/mol. The van der Waals surface area contributed by atoms with Gasteiger partial charge in [0.1, 0.15) is 14.8 Å². The van der Waals surface area contributed by atoms with Crippen molar-refractivity contribution in [3.05, 3.63) is 43.6 Å². The van der Waals surface area contributed by atoms with E-state index in [-0.39, 0.29) is 17.6 Å². The minimum atomic E-state index is -0.667. The second-order valence-corrected chi connectivity index (χ2v) is 7.77. The maximum Gasteiger partial charge on any atom is 0.433 e. The zero-order valence-corrected chi connectivity index (χ0v) is 16.7. The van der Waals surface area contributed by atoms with Crippen LogP contribution in [-0.4, -0.2) is 76.7 Å². The predicted molar refractivity (Wildman–Crippen MR) is 101 cm³/mol. The summed E-state index contributed by atoms with van der Waals surface area (Å²) in [4.78, 5) is 45.1. The first-order chi connectivity index (χ1) is 13.3. The Labute approximate surface area is 165 Å². The van der Waals surface area contributed by atoms with Crippen LogP contribution in [0.5, 0.6) is 0 Å². The number of thiazole rings is 1. The Morgan fingerprint density at radius 2 is 1.96 bits per heavy atom. The minimum absolute atomic E-state index is 0.0254. The summed E-state index contributed by atoms with van der Waals surface area (Å²) in [6.45, 7) is 4.70. The van der Waals surface area contributed by atoms with Crippen molar-refractivity contribution in [2.45, 2.75) is 13.5 Å². The van der Waals surface area contributed by atoms with Crippen LogP contribution in [0.4, 0.5) is 5.88 Å². The van der Waals surface area contributed by atoms with Crippen LogP contribution in [0.3, 0.4) is 0 Å². The molecular weight excluding hydrogens is 386 g/mol. The van der Waals surface area contributed by atoms with E-state index in [4.69, 9.17) is 4.42 Å². The number of hydrogen-bond acceptors (Lipinski definition) is 8. The molecular formula is C17H21N5O5S. The van der Waals surface area contributed by atoms with E-state index in [0.29, 0.717) is 37.6 Å². The van der Waals surface area contributed by atoms with Gasteiger partial charge in [-0.15, -0.1) is 11.3 Å². The number of nitro groups is 1. The zero-order valence-electron chi connectivity index (χ0n) is 15.9. The number of hydrogen-bond donors (Lipinski definition) is 0. The van der Waals surface area contributed by atoms with Crippen molar-refractivity contribution in [1.29, 1.82) is 0 Å². The number of aryl methyl sites for hydroxylation is 1. The standard InChI is InChI=1S/C17H21N5O5S/c1-11-15(17(24)19(2)3)28-13(18-11)10-20-6-8-21(9-7-20)16(23)12-4-5-14(27-12)22(25)26/h4-5H,6-10H2,1-3H3. The SMILES string of the molecule is Cc1nc(CN2CCN(C(=O)c3ccc([N+](=O)[O-])o3)CC2)sc1C(=O)N(C)C. The number of nitrogens with zero attached hydrogens (tertiary/aromatic N) is 5. The molecule has 0 radical (unpaired) electrons. The lowest BCUT2D eigenvalue weighted by Gasteiger charge is -2.33. The average Bonchev–Trinajstić information content (AvgIpc) is 3.28. The summed E-state index contributed by atoms with van der Waals surface area (Å²) in [6, 6.07) is 2.51. The summed E-state index contributed by atoms with van der Waals surface area (Å²) in [5.74, 6) is -0.868. The van der Waals surface area contributed by atoms with Gasteiger partial charge in [-0.2, -0.15) is 0 Å². The molecule has 0 aliphatic carbocycles. The first-order valence-corrected chi connectivity index (χ1v) is 9.51. The van der Waals surface area contributed by atoms with E-state index in [1.54, 1.807) is 19.0 Å². The molecule has 3 heterocycles. The van der Waals surface area contributed by atoms with E-state index in [1.807, 2.05) is 6.92 Å². The first kappa shape index (κ1) is 20.0. The van der Waals surface area contributed by atoms with Gasteiger partial charge in [0.05, 0.1) is 18.3 Å². The van der Waals surface area contributed by atoms with E-state index in [0.717, 1.165) is 10.7 Å². The molecule has 2 aromatic rings. The maximum absolute atomic E-state index is 12.4. The number of piperazine rings is 1. The Bertz CT molecular complexity index is 898. The number of carbonyl (C=O) groups is 2. The van der Waals surface area contributed by atoms with Gasteiger partial charge in [-0.05, 0) is 13.0 Å². The van der Waals surface area contributed by atoms with E-state index >= 15 is 0 Å². The van der Waals surface area contributed by atoms with Crippen LogP contribution in [0.1, 0.15) is 30.9 Å². The smallest absolute Gasteiger partial charge is 0.395 e. The molecule has 28 heavy (non-hydrogen) atoms. The third kappa shape index (κ3) is 4.20. The van der Waals surface area contributed by atoms with Crippen molar-refractivity contribution < 1.29 is 18.9 Å². The lowest BCUT2D eigenvalue weighted by Crippen LogP contribution is -2.48. The molecule has 0 saturated carbocycles. The van der Waals surface area contributed by atoms with Crippen LogP contribution in [-0.2, 0) is 6.54 Å². The second kappa shape index (κ2) is 8.07. The summed E-state index contributed by atoms with van der Waals surface area (Å²) in [5.41, 5.74) is 0.729. The summed E-state index contributed by atoms with van der Waals surface area (Å²) in [7, 11) is 3.43. The van der Waals surface area contributed by atoms with Crippen LogP contribution in [0.15, 0.2) is 16.5 Å². The minimum Gasteiger partial charge on any atom is -0.395 e. The topological polar surface area (TPSA) is 113 Å². The van der Waals surface area contributed by atoms with Gasteiger partial charge in [-0.1, -0.05) is 0 Å². The van der Waals surface area contributed by atoms with Crippen LogP contribution < -0.4 is 0 Å². The molecule has 0 N–H and O–H groups in total. The van der Waals surface area contributed by atoms with Crippen molar-refractivity contribution in [3.63, 3.8) is 0 Å². The lowest BCUT2D eigenvalue weighted by atomic mass is 10.3. The molecule has 0 unspecified atom stereocenters. The fourth-order valence-corrected chi connectivity index (χ4v) is 4.05. The number of amides is 2. The van der Waals surface area contributed by atoms with Crippen LogP contribution in [0.2, 0.25) is 0 Å². The van der Waals surface area contributed by atoms with Crippen molar-refractivity contribution in [2.24, 2.45) is 0 Å². The third-order valence-corrected chi connectivity index (χ3v) is 5.57. The lowest BCUT2D eigenvalue weighted by molar-refractivity contribution is -0.402. The summed E-state index contributed by atoms with van der Waals surface area (Å²) < 4.78 is 4.99. The van der Waals surface area contributed by atoms with Crippen molar-refractivity contribution in [2.75, 3.05) is 40.3 Å². The van der Waals surface area contributed by atoms with Gasteiger partial charge in [0.2, 0.25) is 0 Å². The number of aromatic nitrogens is 1. The number of rotatable bonds is 5. The molecule has 1 saturated heterocycles. The maximum atomic E-state index is 12.4. The molecule has 0 spiro atoms. The molecule has 2 amide bonds. The highest BCUT2D eigenvalue weighted by Gasteiger charge is 2.27. The molecule has 1 fully saturated rings. The molecule has 0 atom stereocenters. The van der Waals surface area contributed by atoms with Gasteiger partial charge in [0.25, 0.3) is 11.8 Å². The first-order valence-electron chi connectivity index (χ1n) is 8.70. The van der Waals surface area contributed by atoms with E-state index < -0.39 is 10.8 Å². The zero-order chi connectivity index (χ0) is 20.4. The Hall–Kier alpha value is -2.79. The molecule has 0 aromatic carbocycles. The molecule has 1 aliphatic rings. The van der Waals surface area contributed by atoms with Crippen molar-refractivity contribution >= 4 is 29.0 Å². The van der Waals surface area contributed by atoms with E-state index in [2.05, 4.69) is 9.88 Å². The normalized spacial score (nSPS) is 14.9. The largest absolute Gasteiger partial charge is 0.433 e. The van der Waals surface area contributed by atoms with Crippen LogP contribution >= 0.6 is 11.3 Å². The van der Waals surface area contributed by atoms with Gasteiger partial charge in [-0.3, -0.25) is 24.6 Å². The highest BCUT2D eigenvalue weighted by Crippen LogP contribution is 2.22. The molecule has 10 nitrogen and oxygen atoms in total. The molecule has 11 heteroatoms. The summed E-state index contributed by atoms with van der Waals surface area (Å²) in [6.07, 6.45) is 0.